The number of H-pyrrole nitrogens is 2. The lowest BCUT2D eigenvalue weighted by molar-refractivity contribution is -0.138. The number of hydrogen-bond donors (Lipinski definition) is 6. The number of nitrogens with one attached hydrogen (secondary N) is 4. The molecular formula is C33H36N4O6. The molecule has 0 spiro atoms. The van der Waals surface area contributed by atoms with Crippen LogP contribution in [-0.4, -0.2) is 43.9 Å². The Labute approximate surface area is 249 Å². The van der Waals surface area contributed by atoms with Crippen LogP contribution < -0.4 is 10.6 Å². The van der Waals surface area contributed by atoms with Gasteiger partial charge in [-0.2, -0.15) is 0 Å². The number of aliphatic carboxylic acids is 2. The Hall–Kier alpha value is -5.12. The highest BCUT2D eigenvalue weighted by molar-refractivity contribution is 6.03. The number of carboxylic acid groups (broad SMARTS) is 2. The summed E-state index contributed by atoms with van der Waals surface area (Å²) < 4.78 is 0. The lowest BCUT2D eigenvalue weighted by atomic mass is 9.98. The van der Waals surface area contributed by atoms with E-state index in [0.717, 1.165) is 50.6 Å². The second-order valence-electron chi connectivity index (χ2n) is 10.7. The van der Waals surface area contributed by atoms with Crippen LogP contribution in [0.4, 0.5) is 0 Å². The standard InChI is InChI=1S/C33H36N4O6/c1-7-20-19(6)32(42)37-27(20)14-25-18(5)23(10-12-31(40)41)29(35-25)15-28-22(9-11-30(38)39)17(4)24(34-28)13-26-16(3)21(8-2)33(43)36-26/h7-8,13-14,34-35H,1-2,9-12,15H2,3-6H3,(H,36,43)(H,37,42)(H,38,39)(H,40,41)/b26-13?,27-14+. The van der Waals surface area contributed by atoms with Crippen LogP contribution in [0.5, 0.6) is 0 Å². The van der Waals surface area contributed by atoms with Crippen LogP contribution in [0.1, 0.15) is 71.7 Å². The summed E-state index contributed by atoms with van der Waals surface area (Å²) in [5.41, 5.74) is 10.2. The zero-order valence-corrected chi connectivity index (χ0v) is 24.8. The maximum Gasteiger partial charge on any atom is 0.303 e. The van der Waals surface area contributed by atoms with Crippen LogP contribution in [0.2, 0.25) is 0 Å². The van der Waals surface area contributed by atoms with Crippen LogP contribution in [-0.2, 0) is 38.4 Å². The number of aromatic amines is 2. The Balaban J connectivity index is 1.80. The fourth-order valence-electron chi connectivity index (χ4n) is 5.61. The maximum absolute atomic E-state index is 12.3. The van der Waals surface area contributed by atoms with Gasteiger partial charge in [0.15, 0.2) is 0 Å². The van der Waals surface area contributed by atoms with Crippen molar-refractivity contribution < 1.29 is 29.4 Å². The Morgan fingerprint density at radius 2 is 1.16 bits per heavy atom. The molecular weight excluding hydrogens is 548 g/mol. The van der Waals surface area contributed by atoms with Gasteiger partial charge in [-0.3, -0.25) is 19.2 Å². The van der Waals surface area contributed by atoms with Crippen molar-refractivity contribution in [3.8, 4) is 0 Å². The van der Waals surface area contributed by atoms with E-state index in [9.17, 15) is 29.4 Å². The van der Waals surface area contributed by atoms with Crippen molar-refractivity contribution in [3.63, 3.8) is 0 Å². The lowest BCUT2D eigenvalue weighted by Gasteiger charge is -2.07. The van der Waals surface area contributed by atoms with Gasteiger partial charge in [0.25, 0.3) is 11.8 Å². The molecule has 10 heteroatoms. The van der Waals surface area contributed by atoms with Gasteiger partial charge < -0.3 is 30.8 Å². The van der Waals surface area contributed by atoms with Crippen molar-refractivity contribution in [2.24, 2.45) is 0 Å². The Bertz CT molecular complexity index is 1710. The normalized spacial score (nSPS) is 16.8. The van der Waals surface area contributed by atoms with E-state index in [1.165, 1.54) is 6.08 Å². The molecule has 4 rings (SSSR count). The van der Waals surface area contributed by atoms with Crippen molar-refractivity contribution in [2.45, 2.75) is 59.8 Å². The van der Waals surface area contributed by atoms with Gasteiger partial charge in [0.05, 0.1) is 5.70 Å². The van der Waals surface area contributed by atoms with E-state index in [1.54, 1.807) is 13.0 Å². The average molecular weight is 585 g/mol. The highest BCUT2D eigenvalue weighted by Crippen LogP contribution is 2.31. The van der Waals surface area contributed by atoms with Crippen LogP contribution >= 0.6 is 0 Å². The minimum atomic E-state index is -0.922. The SMILES string of the molecule is C=CC1=C(C)C(=Cc2[nH]c(Cc3[nH]c(/C=C4/NC(=O)C(C)=C4C=C)c(C)c3CCC(=O)O)c(CCC(=O)O)c2C)NC1=O. The van der Waals surface area contributed by atoms with E-state index in [1.807, 2.05) is 32.9 Å². The summed E-state index contributed by atoms with van der Waals surface area (Å²) in [6.07, 6.45) is 7.58. The molecule has 0 radical (unpaired) electrons. The minimum absolute atomic E-state index is 0.0688. The molecule has 0 unspecified atom stereocenters. The molecule has 2 amide bonds. The molecule has 4 heterocycles. The first kappa shape index (κ1) is 30.8. The summed E-state index contributed by atoms with van der Waals surface area (Å²) in [7, 11) is 0. The molecule has 43 heavy (non-hydrogen) atoms. The molecule has 0 aromatic carbocycles. The van der Waals surface area contributed by atoms with Crippen molar-refractivity contribution in [2.75, 3.05) is 0 Å². The van der Waals surface area contributed by atoms with Gasteiger partial charge in [-0.15, -0.1) is 0 Å². The summed E-state index contributed by atoms with van der Waals surface area (Å²) in [5.74, 6) is -2.28. The highest BCUT2D eigenvalue weighted by Gasteiger charge is 2.25. The topological polar surface area (TPSA) is 164 Å². The third-order valence-corrected chi connectivity index (χ3v) is 8.11. The Kier molecular flexibility index (Phi) is 8.89. The number of carboxylic acids is 2. The second kappa shape index (κ2) is 12.4. The van der Waals surface area contributed by atoms with E-state index < -0.39 is 11.9 Å². The van der Waals surface area contributed by atoms with E-state index >= 15 is 0 Å². The molecule has 2 aliphatic rings. The summed E-state index contributed by atoms with van der Waals surface area (Å²) in [4.78, 5) is 54.5. The van der Waals surface area contributed by atoms with E-state index in [0.29, 0.717) is 34.5 Å². The van der Waals surface area contributed by atoms with Crippen molar-refractivity contribution >= 4 is 35.9 Å². The number of amides is 2. The van der Waals surface area contributed by atoms with Gasteiger partial charge in [0.2, 0.25) is 0 Å². The molecule has 224 valence electrons. The molecule has 10 nitrogen and oxygen atoms in total. The summed E-state index contributed by atoms with van der Waals surface area (Å²) in [5, 5.41) is 24.6. The third kappa shape index (κ3) is 6.23. The quantitative estimate of drug-likeness (QED) is 0.215. The predicted octanol–water partition coefficient (Wildman–Crippen LogP) is 4.53. The number of aromatic nitrogens is 2. The van der Waals surface area contributed by atoms with Crippen molar-refractivity contribution in [1.29, 1.82) is 0 Å². The number of rotatable bonds is 12. The van der Waals surface area contributed by atoms with Crippen molar-refractivity contribution in [3.05, 3.63) is 104 Å². The zero-order valence-electron chi connectivity index (χ0n) is 24.8. The molecule has 2 aliphatic heterocycles. The zero-order chi connectivity index (χ0) is 31.6. The average Bonchev–Trinajstić information content (AvgIpc) is 3.59. The summed E-state index contributed by atoms with van der Waals surface area (Å²) >= 11 is 0. The largest absolute Gasteiger partial charge is 0.481 e. The number of allylic oxidation sites excluding steroid dienone is 2. The molecule has 0 saturated heterocycles. The number of hydrogen-bond acceptors (Lipinski definition) is 4. The molecule has 0 bridgehead atoms. The predicted molar refractivity (Wildman–Crippen MR) is 164 cm³/mol. The monoisotopic (exact) mass is 584 g/mol. The molecule has 0 atom stereocenters. The second-order valence-corrected chi connectivity index (χ2v) is 10.7. The van der Waals surface area contributed by atoms with Crippen LogP contribution in [0.3, 0.4) is 0 Å². The van der Waals surface area contributed by atoms with E-state index in [2.05, 4.69) is 33.8 Å². The van der Waals surface area contributed by atoms with Gasteiger partial charge in [-0.25, -0.2) is 0 Å². The Morgan fingerprint density at radius 3 is 1.60 bits per heavy atom. The van der Waals surface area contributed by atoms with E-state index in [-0.39, 0.29) is 37.5 Å². The minimum Gasteiger partial charge on any atom is -0.481 e. The van der Waals surface area contributed by atoms with Crippen molar-refractivity contribution in [1.82, 2.24) is 20.6 Å². The molecule has 2 aromatic heterocycles. The van der Waals surface area contributed by atoms with Gasteiger partial charge in [-0.1, -0.05) is 25.3 Å². The first-order chi connectivity index (χ1) is 20.4. The smallest absolute Gasteiger partial charge is 0.303 e. The Morgan fingerprint density at radius 1 is 0.698 bits per heavy atom. The fraction of sp³-hybridized carbons (Fsp3) is 0.273. The van der Waals surface area contributed by atoms with Crippen LogP contribution in [0, 0.1) is 13.8 Å². The molecule has 0 fully saturated rings. The van der Waals surface area contributed by atoms with E-state index in [4.69, 9.17) is 0 Å². The third-order valence-electron chi connectivity index (χ3n) is 8.11. The van der Waals surface area contributed by atoms with Gasteiger partial charge >= 0.3 is 11.9 Å². The lowest BCUT2D eigenvalue weighted by Crippen LogP contribution is -2.15. The number of carbonyl (C=O) groups is 4. The number of carbonyl (C=O) groups excluding carboxylic acids is 2. The first-order valence-electron chi connectivity index (χ1n) is 13.9. The van der Waals surface area contributed by atoms with Gasteiger partial charge in [0.1, 0.15) is 0 Å². The summed E-state index contributed by atoms with van der Waals surface area (Å²) in [6, 6.07) is 0. The molecule has 6 N–H and O–H groups in total. The molecule has 0 aliphatic carbocycles. The van der Waals surface area contributed by atoms with Gasteiger partial charge in [-0.05, 0) is 80.5 Å². The highest BCUT2D eigenvalue weighted by atomic mass is 16.4. The maximum atomic E-state index is 12.3. The van der Waals surface area contributed by atoms with Gasteiger partial charge in [0, 0.05) is 64.5 Å². The fourth-order valence-corrected chi connectivity index (χ4v) is 5.61. The molecule has 2 aromatic rings. The molecule has 0 saturated carbocycles. The van der Waals surface area contributed by atoms with Crippen LogP contribution in [0.15, 0.2) is 59.0 Å². The summed E-state index contributed by atoms with van der Waals surface area (Å²) in [6.45, 7) is 14.9. The van der Waals surface area contributed by atoms with Crippen LogP contribution in [0.25, 0.3) is 12.2 Å². The first-order valence-corrected chi connectivity index (χ1v) is 13.9.